The van der Waals surface area contributed by atoms with E-state index in [-0.39, 0.29) is 33.5 Å². The summed E-state index contributed by atoms with van der Waals surface area (Å²) in [7, 11) is 0. The predicted molar refractivity (Wildman–Crippen MR) is 78.2 cm³/mol. The SMILES string of the molecule is CC1(C)CCCC1C(=O)Nc1cccc(Cl)c1C(=O)O. The van der Waals surface area contributed by atoms with Gasteiger partial charge in [-0.2, -0.15) is 0 Å². The molecule has 1 atom stereocenters. The highest BCUT2D eigenvalue weighted by Crippen LogP contribution is 2.43. The number of rotatable bonds is 3. The Bertz CT molecular complexity index is 554. The van der Waals surface area contributed by atoms with Gasteiger partial charge in [0.15, 0.2) is 0 Å². The van der Waals surface area contributed by atoms with Crippen molar-refractivity contribution in [2.45, 2.75) is 33.1 Å². The summed E-state index contributed by atoms with van der Waals surface area (Å²) < 4.78 is 0. The van der Waals surface area contributed by atoms with Gasteiger partial charge in [-0.25, -0.2) is 4.79 Å². The van der Waals surface area contributed by atoms with E-state index >= 15 is 0 Å². The second-order valence-corrected chi connectivity index (χ2v) is 6.30. The molecule has 0 aliphatic heterocycles. The summed E-state index contributed by atoms with van der Waals surface area (Å²) in [6.45, 7) is 4.14. The zero-order valence-electron chi connectivity index (χ0n) is 11.6. The van der Waals surface area contributed by atoms with Gasteiger partial charge in [-0.1, -0.05) is 37.9 Å². The minimum absolute atomic E-state index is 0.0496. The lowest BCUT2D eigenvalue weighted by molar-refractivity contribution is -0.122. The molecule has 0 spiro atoms. The van der Waals surface area contributed by atoms with E-state index in [1.165, 1.54) is 6.07 Å². The van der Waals surface area contributed by atoms with Gasteiger partial charge in [0, 0.05) is 5.92 Å². The number of benzene rings is 1. The Balaban J connectivity index is 2.25. The average molecular weight is 296 g/mol. The van der Waals surface area contributed by atoms with Crippen molar-refractivity contribution in [3.8, 4) is 0 Å². The summed E-state index contributed by atoms with van der Waals surface area (Å²) in [5.41, 5.74) is 0.155. The molecule has 0 bridgehead atoms. The van der Waals surface area contributed by atoms with E-state index in [4.69, 9.17) is 11.6 Å². The van der Waals surface area contributed by atoms with Gasteiger partial charge < -0.3 is 10.4 Å². The second kappa shape index (κ2) is 5.44. The topological polar surface area (TPSA) is 66.4 Å². The van der Waals surface area contributed by atoms with Crippen LogP contribution < -0.4 is 5.32 Å². The molecule has 108 valence electrons. The molecule has 1 aliphatic rings. The predicted octanol–water partition coefficient (Wildman–Crippen LogP) is 3.80. The van der Waals surface area contributed by atoms with Gasteiger partial charge in [0.05, 0.1) is 10.7 Å². The monoisotopic (exact) mass is 295 g/mol. The Kier molecular flexibility index (Phi) is 4.04. The largest absolute Gasteiger partial charge is 0.478 e. The van der Waals surface area contributed by atoms with Crippen molar-refractivity contribution < 1.29 is 14.7 Å². The quantitative estimate of drug-likeness (QED) is 0.891. The summed E-state index contributed by atoms with van der Waals surface area (Å²) >= 11 is 5.89. The first kappa shape index (κ1) is 14.9. The number of carboxylic acids is 1. The lowest BCUT2D eigenvalue weighted by Crippen LogP contribution is -2.31. The normalized spacial score (nSPS) is 20.6. The van der Waals surface area contributed by atoms with Crippen molar-refractivity contribution in [3.05, 3.63) is 28.8 Å². The molecule has 1 aromatic carbocycles. The third-order valence-corrected chi connectivity index (χ3v) is 4.37. The third kappa shape index (κ3) is 2.80. The maximum atomic E-state index is 12.4. The minimum Gasteiger partial charge on any atom is -0.478 e. The molecule has 1 fully saturated rings. The van der Waals surface area contributed by atoms with Crippen LogP contribution in [0.4, 0.5) is 5.69 Å². The average Bonchev–Trinajstić information content (AvgIpc) is 2.68. The highest BCUT2D eigenvalue weighted by atomic mass is 35.5. The third-order valence-electron chi connectivity index (χ3n) is 4.06. The second-order valence-electron chi connectivity index (χ2n) is 5.89. The summed E-state index contributed by atoms with van der Waals surface area (Å²) in [6.07, 6.45) is 2.86. The number of hydrogen-bond donors (Lipinski definition) is 2. The zero-order valence-corrected chi connectivity index (χ0v) is 12.3. The first-order valence-electron chi connectivity index (χ1n) is 6.65. The minimum atomic E-state index is -1.14. The van der Waals surface area contributed by atoms with E-state index in [1.54, 1.807) is 12.1 Å². The molecule has 1 unspecified atom stereocenters. The molecular weight excluding hydrogens is 278 g/mol. The Morgan fingerprint density at radius 3 is 2.65 bits per heavy atom. The molecular formula is C15H18ClNO3. The maximum Gasteiger partial charge on any atom is 0.339 e. The van der Waals surface area contributed by atoms with Crippen molar-refractivity contribution >= 4 is 29.2 Å². The molecule has 0 radical (unpaired) electrons. The van der Waals surface area contributed by atoms with Crippen LogP contribution in [0.5, 0.6) is 0 Å². The zero-order chi connectivity index (χ0) is 14.9. The van der Waals surface area contributed by atoms with Crippen LogP contribution in [-0.4, -0.2) is 17.0 Å². The molecule has 20 heavy (non-hydrogen) atoms. The highest BCUT2D eigenvalue weighted by molar-refractivity contribution is 6.34. The van der Waals surface area contributed by atoms with Crippen LogP contribution in [0.25, 0.3) is 0 Å². The highest BCUT2D eigenvalue weighted by Gasteiger charge is 2.39. The van der Waals surface area contributed by atoms with Crippen molar-refractivity contribution in [2.75, 3.05) is 5.32 Å². The molecule has 1 saturated carbocycles. The Morgan fingerprint density at radius 1 is 1.40 bits per heavy atom. The first-order valence-corrected chi connectivity index (χ1v) is 7.03. The van der Waals surface area contributed by atoms with Crippen LogP contribution in [0.3, 0.4) is 0 Å². The molecule has 1 aliphatic carbocycles. The summed E-state index contributed by atoms with van der Waals surface area (Å²) in [5.74, 6) is -1.36. The molecule has 1 amide bonds. The Morgan fingerprint density at radius 2 is 2.10 bits per heavy atom. The van der Waals surface area contributed by atoms with Gasteiger partial charge in [0.25, 0.3) is 0 Å². The lowest BCUT2D eigenvalue weighted by Gasteiger charge is -2.26. The van der Waals surface area contributed by atoms with Crippen molar-refractivity contribution in [2.24, 2.45) is 11.3 Å². The standard InChI is InChI=1S/C15H18ClNO3/c1-15(2)8-4-5-9(15)13(18)17-11-7-3-6-10(16)12(11)14(19)20/h3,6-7,9H,4-5,8H2,1-2H3,(H,17,18)(H,19,20). The number of nitrogens with one attached hydrogen (secondary N) is 1. The van der Waals surface area contributed by atoms with Gasteiger partial charge in [-0.05, 0) is 30.4 Å². The fraction of sp³-hybridized carbons (Fsp3) is 0.467. The summed E-state index contributed by atoms with van der Waals surface area (Å²) in [4.78, 5) is 23.6. The van der Waals surface area contributed by atoms with Gasteiger partial charge in [-0.15, -0.1) is 0 Å². The van der Waals surface area contributed by atoms with E-state index in [1.807, 2.05) is 0 Å². The van der Waals surface area contributed by atoms with Gasteiger partial charge in [0.2, 0.25) is 5.91 Å². The lowest BCUT2D eigenvalue weighted by atomic mass is 9.81. The fourth-order valence-corrected chi connectivity index (χ4v) is 3.13. The van der Waals surface area contributed by atoms with Crippen LogP contribution >= 0.6 is 11.6 Å². The van der Waals surface area contributed by atoms with E-state index in [2.05, 4.69) is 19.2 Å². The number of carboxylic acid groups (broad SMARTS) is 1. The summed E-state index contributed by atoms with van der Waals surface area (Å²) in [6, 6.07) is 4.69. The van der Waals surface area contributed by atoms with Crippen LogP contribution in [0.15, 0.2) is 18.2 Å². The van der Waals surface area contributed by atoms with E-state index in [0.717, 1.165) is 19.3 Å². The maximum absolute atomic E-state index is 12.4. The molecule has 5 heteroatoms. The van der Waals surface area contributed by atoms with Gasteiger partial charge in [-0.3, -0.25) is 4.79 Å². The van der Waals surface area contributed by atoms with E-state index in [0.29, 0.717) is 0 Å². The van der Waals surface area contributed by atoms with Crippen molar-refractivity contribution in [3.63, 3.8) is 0 Å². The number of carbonyl (C=O) groups excluding carboxylic acids is 1. The number of halogens is 1. The first-order chi connectivity index (χ1) is 9.33. The molecule has 1 aromatic rings. The van der Waals surface area contributed by atoms with E-state index in [9.17, 15) is 14.7 Å². The molecule has 0 saturated heterocycles. The molecule has 0 heterocycles. The van der Waals surface area contributed by atoms with Crippen LogP contribution in [0.2, 0.25) is 5.02 Å². The molecule has 2 N–H and O–H groups in total. The van der Waals surface area contributed by atoms with Gasteiger partial charge in [0.1, 0.15) is 5.56 Å². The number of carbonyl (C=O) groups is 2. The van der Waals surface area contributed by atoms with E-state index < -0.39 is 5.97 Å². The van der Waals surface area contributed by atoms with Crippen LogP contribution in [-0.2, 0) is 4.79 Å². The fourth-order valence-electron chi connectivity index (χ4n) is 2.88. The van der Waals surface area contributed by atoms with Crippen molar-refractivity contribution in [1.29, 1.82) is 0 Å². The molecule has 2 rings (SSSR count). The van der Waals surface area contributed by atoms with Crippen LogP contribution in [0.1, 0.15) is 43.5 Å². The number of amides is 1. The Labute approximate surface area is 123 Å². The number of anilines is 1. The number of aromatic carboxylic acids is 1. The summed E-state index contributed by atoms with van der Waals surface area (Å²) in [5, 5.41) is 12.0. The van der Waals surface area contributed by atoms with Gasteiger partial charge >= 0.3 is 5.97 Å². The Hall–Kier alpha value is -1.55. The van der Waals surface area contributed by atoms with Crippen LogP contribution in [0, 0.1) is 11.3 Å². The molecule has 4 nitrogen and oxygen atoms in total. The number of hydrogen-bond acceptors (Lipinski definition) is 2. The van der Waals surface area contributed by atoms with Crippen molar-refractivity contribution in [1.82, 2.24) is 0 Å². The smallest absolute Gasteiger partial charge is 0.339 e. The molecule has 0 aromatic heterocycles.